The second kappa shape index (κ2) is 8.01. The van der Waals surface area contributed by atoms with E-state index in [-0.39, 0.29) is 12.2 Å². The molecule has 138 valence electrons. The van der Waals surface area contributed by atoms with Gasteiger partial charge in [0.2, 0.25) is 5.91 Å². The van der Waals surface area contributed by atoms with Crippen LogP contribution in [0.25, 0.3) is 11.3 Å². The predicted octanol–water partition coefficient (Wildman–Crippen LogP) is 2.89. The third-order valence-corrected chi connectivity index (χ3v) is 5.09. The maximum atomic E-state index is 12.5. The topological polar surface area (TPSA) is 64.8 Å². The number of piperidine rings is 1. The molecule has 0 N–H and O–H groups in total. The van der Waals surface area contributed by atoms with Gasteiger partial charge in [0, 0.05) is 37.4 Å². The SMILES string of the molecule is O=C(CCc1ncc(-c2ccccc2)o1)N1CCC(C2OCCO2)CC1. The summed E-state index contributed by atoms with van der Waals surface area (Å²) in [7, 11) is 0. The first kappa shape index (κ1) is 17.2. The molecule has 6 heteroatoms. The zero-order valence-corrected chi connectivity index (χ0v) is 14.8. The number of likely N-dealkylation sites (tertiary alicyclic amines) is 1. The number of rotatable bonds is 5. The molecule has 4 rings (SSSR count). The zero-order valence-electron chi connectivity index (χ0n) is 14.8. The van der Waals surface area contributed by atoms with Crippen molar-refractivity contribution in [2.24, 2.45) is 5.92 Å². The quantitative estimate of drug-likeness (QED) is 0.824. The number of benzene rings is 1. The van der Waals surface area contributed by atoms with Crippen LogP contribution < -0.4 is 0 Å². The molecule has 26 heavy (non-hydrogen) atoms. The monoisotopic (exact) mass is 356 g/mol. The molecular formula is C20H24N2O4. The van der Waals surface area contributed by atoms with E-state index >= 15 is 0 Å². The summed E-state index contributed by atoms with van der Waals surface area (Å²) in [5.41, 5.74) is 0.996. The summed E-state index contributed by atoms with van der Waals surface area (Å²) in [5, 5.41) is 0. The summed E-state index contributed by atoms with van der Waals surface area (Å²) in [5.74, 6) is 1.92. The van der Waals surface area contributed by atoms with Gasteiger partial charge < -0.3 is 18.8 Å². The second-order valence-corrected chi connectivity index (χ2v) is 6.81. The lowest BCUT2D eigenvalue weighted by molar-refractivity contribution is -0.136. The minimum atomic E-state index is -0.0732. The molecule has 2 fully saturated rings. The standard InChI is InChI=1S/C20H24N2O4/c23-19(22-10-8-16(9-11-22)20-24-12-13-25-20)7-6-18-21-14-17(26-18)15-4-2-1-3-5-15/h1-5,14,16,20H,6-13H2. The lowest BCUT2D eigenvalue weighted by Gasteiger charge is -2.33. The molecule has 2 aromatic rings. The fourth-order valence-electron chi connectivity index (χ4n) is 3.60. The van der Waals surface area contributed by atoms with Crippen LogP contribution in [-0.4, -0.2) is 48.4 Å². The van der Waals surface area contributed by atoms with Gasteiger partial charge in [-0.25, -0.2) is 4.98 Å². The highest BCUT2D eigenvalue weighted by Gasteiger charge is 2.31. The average molecular weight is 356 g/mol. The van der Waals surface area contributed by atoms with Crippen molar-refractivity contribution in [3.05, 3.63) is 42.4 Å². The van der Waals surface area contributed by atoms with Crippen LogP contribution in [0.15, 0.2) is 40.9 Å². The Morgan fingerprint density at radius 3 is 2.58 bits per heavy atom. The third kappa shape index (κ3) is 3.97. The third-order valence-electron chi connectivity index (χ3n) is 5.09. The van der Waals surface area contributed by atoms with Gasteiger partial charge in [-0.3, -0.25) is 4.79 Å². The van der Waals surface area contributed by atoms with Crippen molar-refractivity contribution in [1.29, 1.82) is 0 Å². The highest BCUT2D eigenvalue weighted by Crippen LogP contribution is 2.26. The van der Waals surface area contributed by atoms with Crippen molar-refractivity contribution < 1.29 is 18.7 Å². The Hall–Kier alpha value is -2.18. The number of hydrogen-bond acceptors (Lipinski definition) is 5. The predicted molar refractivity (Wildman–Crippen MR) is 95.3 cm³/mol. The van der Waals surface area contributed by atoms with Crippen LogP contribution in [-0.2, 0) is 20.7 Å². The van der Waals surface area contributed by atoms with Crippen molar-refractivity contribution in [1.82, 2.24) is 9.88 Å². The Morgan fingerprint density at radius 2 is 1.85 bits per heavy atom. The van der Waals surface area contributed by atoms with E-state index in [9.17, 15) is 4.79 Å². The minimum absolute atomic E-state index is 0.0732. The molecule has 0 saturated carbocycles. The number of carbonyl (C=O) groups is 1. The fraction of sp³-hybridized carbons (Fsp3) is 0.500. The summed E-state index contributed by atoms with van der Waals surface area (Å²) in [4.78, 5) is 18.7. The van der Waals surface area contributed by atoms with Crippen molar-refractivity contribution in [2.75, 3.05) is 26.3 Å². The first-order valence-electron chi connectivity index (χ1n) is 9.31. The summed E-state index contributed by atoms with van der Waals surface area (Å²) >= 11 is 0. The molecule has 0 bridgehead atoms. The maximum Gasteiger partial charge on any atom is 0.223 e. The van der Waals surface area contributed by atoms with Gasteiger partial charge in [0.25, 0.3) is 0 Å². The Balaban J connectivity index is 1.25. The van der Waals surface area contributed by atoms with Gasteiger partial charge in [-0.1, -0.05) is 30.3 Å². The molecule has 0 spiro atoms. The molecule has 1 aromatic heterocycles. The molecule has 3 heterocycles. The summed E-state index contributed by atoms with van der Waals surface area (Å²) in [6.07, 6.45) is 4.48. The van der Waals surface area contributed by atoms with Gasteiger partial charge in [0.15, 0.2) is 17.9 Å². The number of amides is 1. The summed E-state index contributed by atoms with van der Waals surface area (Å²) < 4.78 is 16.9. The maximum absolute atomic E-state index is 12.5. The van der Waals surface area contributed by atoms with Crippen LogP contribution in [0.5, 0.6) is 0 Å². The molecule has 2 aliphatic rings. The number of aromatic nitrogens is 1. The number of oxazole rings is 1. The van der Waals surface area contributed by atoms with Crippen LogP contribution in [0.2, 0.25) is 0 Å². The molecule has 6 nitrogen and oxygen atoms in total. The van der Waals surface area contributed by atoms with E-state index < -0.39 is 0 Å². The van der Waals surface area contributed by atoms with Gasteiger partial charge in [-0.05, 0) is 12.8 Å². The zero-order chi connectivity index (χ0) is 17.8. The Labute approximate surface area is 153 Å². The Bertz CT molecular complexity index is 716. The van der Waals surface area contributed by atoms with E-state index in [1.807, 2.05) is 35.2 Å². The highest BCUT2D eigenvalue weighted by atomic mass is 16.7. The van der Waals surface area contributed by atoms with Crippen molar-refractivity contribution in [3.8, 4) is 11.3 Å². The number of aryl methyl sites for hydroxylation is 1. The smallest absolute Gasteiger partial charge is 0.223 e. The molecule has 0 unspecified atom stereocenters. The fourth-order valence-corrected chi connectivity index (χ4v) is 3.60. The van der Waals surface area contributed by atoms with E-state index in [2.05, 4.69) is 4.98 Å². The summed E-state index contributed by atoms with van der Waals surface area (Å²) in [6, 6.07) is 9.86. The van der Waals surface area contributed by atoms with Gasteiger partial charge in [-0.2, -0.15) is 0 Å². The summed E-state index contributed by atoms with van der Waals surface area (Å²) in [6.45, 7) is 2.91. The molecule has 1 amide bonds. The van der Waals surface area contributed by atoms with E-state index in [1.165, 1.54) is 0 Å². The Kier molecular flexibility index (Phi) is 5.32. The van der Waals surface area contributed by atoms with Gasteiger partial charge in [0.1, 0.15) is 0 Å². The molecule has 0 aliphatic carbocycles. The van der Waals surface area contributed by atoms with Crippen LogP contribution >= 0.6 is 0 Å². The average Bonchev–Trinajstić information content (AvgIpc) is 3.39. The van der Waals surface area contributed by atoms with E-state index in [1.54, 1.807) is 6.20 Å². The molecule has 2 saturated heterocycles. The van der Waals surface area contributed by atoms with Gasteiger partial charge >= 0.3 is 0 Å². The minimum Gasteiger partial charge on any atom is -0.441 e. The van der Waals surface area contributed by atoms with Crippen LogP contribution in [0.1, 0.15) is 25.2 Å². The second-order valence-electron chi connectivity index (χ2n) is 6.81. The number of ether oxygens (including phenoxy) is 2. The van der Waals surface area contributed by atoms with E-state index in [4.69, 9.17) is 13.9 Å². The van der Waals surface area contributed by atoms with E-state index in [0.717, 1.165) is 37.3 Å². The molecular weight excluding hydrogens is 332 g/mol. The van der Waals surface area contributed by atoms with Crippen molar-refractivity contribution in [3.63, 3.8) is 0 Å². The number of hydrogen-bond donors (Lipinski definition) is 0. The van der Waals surface area contributed by atoms with Crippen LogP contribution in [0.4, 0.5) is 0 Å². The van der Waals surface area contributed by atoms with Gasteiger partial charge in [-0.15, -0.1) is 0 Å². The Morgan fingerprint density at radius 1 is 1.12 bits per heavy atom. The van der Waals surface area contributed by atoms with Gasteiger partial charge in [0.05, 0.1) is 19.4 Å². The molecule has 0 atom stereocenters. The normalized spacial score (nSPS) is 19.2. The molecule has 2 aliphatic heterocycles. The lowest BCUT2D eigenvalue weighted by Crippen LogP contribution is -2.41. The van der Waals surface area contributed by atoms with Crippen molar-refractivity contribution >= 4 is 5.91 Å². The number of nitrogens with zero attached hydrogens (tertiary/aromatic N) is 2. The van der Waals surface area contributed by atoms with Crippen LogP contribution in [0, 0.1) is 5.92 Å². The largest absolute Gasteiger partial charge is 0.441 e. The van der Waals surface area contributed by atoms with E-state index in [0.29, 0.717) is 37.9 Å². The van der Waals surface area contributed by atoms with Crippen molar-refractivity contribution in [2.45, 2.75) is 32.0 Å². The number of carbonyl (C=O) groups excluding carboxylic acids is 1. The molecule has 0 radical (unpaired) electrons. The lowest BCUT2D eigenvalue weighted by atomic mass is 9.96. The first-order valence-corrected chi connectivity index (χ1v) is 9.31. The first-order chi connectivity index (χ1) is 12.8. The van der Waals surface area contributed by atoms with Crippen LogP contribution in [0.3, 0.4) is 0 Å². The highest BCUT2D eigenvalue weighted by molar-refractivity contribution is 5.76. The molecule has 1 aromatic carbocycles.